The highest BCUT2D eigenvalue weighted by Gasteiger charge is 2.23. The van der Waals surface area contributed by atoms with Crippen LogP contribution >= 0.6 is 12.4 Å². The van der Waals surface area contributed by atoms with Crippen LogP contribution in [-0.2, 0) is 0 Å². The summed E-state index contributed by atoms with van der Waals surface area (Å²) >= 11 is 0. The van der Waals surface area contributed by atoms with Crippen molar-refractivity contribution in [1.29, 1.82) is 0 Å². The Hall–Kier alpha value is -1.14. The van der Waals surface area contributed by atoms with Gasteiger partial charge in [0.1, 0.15) is 0 Å². The van der Waals surface area contributed by atoms with Gasteiger partial charge in [-0.25, -0.2) is 4.68 Å². The van der Waals surface area contributed by atoms with Gasteiger partial charge in [-0.1, -0.05) is 26.0 Å². The zero-order valence-electron chi connectivity index (χ0n) is 15.6. The van der Waals surface area contributed by atoms with Gasteiger partial charge in [-0.05, 0) is 58.0 Å². The summed E-state index contributed by atoms with van der Waals surface area (Å²) in [6, 6.07) is 0.494. The molecule has 1 aliphatic heterocycles. The molecular formula is C17H32ClN5O. The molecule has 1 saturated heterocycles. The van der Waals surface area contributed by atoms with Gasteiger partial charge in [0.05, 0.1) is 11.7 Å². The Balaban J connectivity index is 0.00000288. The first-order valence-corrected chi connectivity index (χ1v) is 8.71. The largest absolute Gasteiger partial charge is 0.348 e. The van der Waals surface area contributed by atoms with Crippen molar-refractivity contribution in [3.63, 3.8) is 0 Å². The molecule has 6 nitrogen and oxygen atoms in total. The molecule has 1 aromatic rings. The number of hydrogen-bond donors (Lipinski definition) is 2. The van der Waals surface area contributed by atoms with E-state index in [-0.39, 0.29) is 29.8 Å². The third kappa shape index (κ3) is 5.74. The summed E-state index contributed by atoms with van der Waals surface area (Å²) < 4.78 is 1.93. The number of carbonyl (C=O) groups is 1. The smallest absolute Gasteiger partial charge is 0.273 e. The summed E-state index contributed by atoms with van der Waals surface area (Å²) in [6.07, 6.45) is 4.12. The fourth-order valence-electron chi connectivity index (χ4n) is 2.96. The molecule has 0 aromatic carbocycles. The van der Waals surface area contributed by atoms with Crippen molar-refractivity contribution >= 4 is 18.3 Å². The second-order valence-corrected chi connectivity index (χ2v) is 7.92. The van der Waals surface area contributed by atoms with Crippen molar-refractivity contribution in [2.75, 3.05) is 13.1 Å². The van der Waals surface area contributed by atoms with Gasteiger partial charge in [0.15, 0.2) is 5.69 Å². The first-order valence-electron chi connectivity index (χ1n) is 8.71. The Kier molecular flexibility index (Phi) is 7.67. The van der Waals surface area contributed by atoms with Crippen molar-refractivity contribution < 1.29 is 4.79 Å². The van der Waals surface area contributed by atoms with Gasteiger partial charge in [-0.3, -0.25) is 4.79 Å². The van der Waals surface area contributed by atoms with E-state index in [2.05, 4.69) is 48.6 Å². The molecule has 1 fully saturated rings. The molecule has 1 amide bonds. The molecule has 2 heterocycles. The molecule has 7 heteroatoms. The first-order chi connectivity index (χ1) is 10.8. The van der Waals surface area contributed by atoms with Crippen LogP contribution < -0.4 is 10.6 Å². The molecule has 0 spiro atoms. The number of carbonyl (C=O) groups excluding carboxylic acids is 1. The third-order valence-electron chi connectivity index (χ3n) is 4.50. The second-order valence-electron chi connectivity index (χ2n) is 7.92. The molecule has 138 valence electrons. The van der Waals surface area contributed by atoms with Crippen molar-refractivity contribution in [2.45, 2.75) is 72.4 Å². The van der Waals surface area contributed by atoms with E-state index in [0.717, 1.165) is 44.5 Å². The van der Waals surface area contributed by atoms with E-state index in [1.807, 2.05) is 11.6 Å². The van der Waals surface area contributed by atoms with E-state index >= 15 is 0 Å². The van der Waals surface area contributed by atoms with Crippen LogP contribution in [0.1, 0.15) is 75.6 Å². The van der Waals surface area contributed by atoms with Crippen LogP contribution in [-0.4, -0.2) is 40.0 Å². The standard InChI is InChI=1S/C17H31N5O.ClH/c1-12(6-9-17(3,4)5)19-16(23)15-13(2)22(21-20-15)14-7-10-18-11-8-14;/h12,14,18H,6-11H2,1-5H3,(H,19,23);1H. The van der Waals surface area contributed by atoms with Crippen LogP contribution in [0.25, 0.3) is 0 Å². The lowest BCUT2D eigenvalue weighted by molar-refractivity contribution is 0.0929. The summed E-state index contributed by atoms with van der Waals surface area (Å²) in [4.78, 5) is 12.5. The number of piperidine rings is 1. The van der Waals surface area contributed by atoms with Crippen molar-refractivity contribution in [3.05, 3.63) is 11.4 Å². The van der Waals surface area contributed by atoms with Crippen LogP contribution in [0.5, 0.6) is 0 Å². The molecule has 0 bridgehead atoms. The lowest BCUT2D eigenvalue weighted by Gasteiger charge is -2.23. The van der Waals surface area contributed by atoms with Crippen molar-refractivity contribution in [3.8, 4) is 0 Å². The molecule has 0 radical (unpaired) electrons. The van der Waals surface area contributed by atoms with E-state index in [4.69, 9.17) is 0 Å². The van der Waals surface area contributed by atoms with Gasteiger partial charge < -0.3 is 10.6 Å². The maximum Gasteiger partial charge on any atom is 0.273 e. The normalized spacial score (nSPS) is 17.2. The summed E-state index contributed by atoms with van der Waals surface area (Å²) in [5.74, 6) is -0.107. The topological polar surface area (TPSA) is 71.8 Å². The predicted octanol–water partition coefficient (Wildman–Crippen LogP) is 2.88. The SMILES string of the molecule is Cc1c(C(=O)NC(C)CCC(C)(C)C)nnn1C1CCNCC1.Cl. The third-order valence-corrected chi connectivity index (χ3v) is 4.50. The van der Waals surface area contributed by atoms with E-state index in [1.165, 1.54) is 0 Å². The van der Waals surface area contributed by atoms with Crippen molar-refractivity contribution in [2.24, 2.45) is 5.41 Å². The molecular weight excluding hydrogens is 326 g/mol. The molecule has 0 aliphatic carbocycles. The monoisotopic (exact) mass is 357 g/mol. The lowest BCUT2D eigenvalue weighted by Crippen LogP contribution is -2.34. The van der Waals surface area contributed by atoms with E-state index in [1.54, 1.807) is 0 Å². The summed E-state index contributed by atoms with van der Waals surface area (Å²) in [5, 5.41) is 14.8. The molecule has 1 aliphatic rings. The van der Waals surface area contributed by atoms with Crippen LogP contribution in [0, 0.1) is 12.3 Å². The van der Waals surface area contributed by atoms with Crippen LogP contribution in [0.2, 0.25) is 0 Å². The lowest BCUT2D eigenvalue weighted by atomic mass is 9.89. The van der Waals surface area contributed by atoms with Crippen LogP contribution in [0.15, 0.2) is 0 Å². The molecule has 24 heavy (non-hydrogen) atoms. The summed E-state index contributed by atoms with van der Waals surface area (Å²) in [6.45, 7) is 12.6. The first kappa shape index (κ1) is 20.9. The van der Waals surface area contributed by atoms with Crippen LogP contribution in [0.4, 0.5) is 0 Å². The van der Waals surface area contributed by atoms with Gasteiger partial charge in [0.25, 0.3) is 5.91 Å². The Morgan fingerprint density at radius 2 is 2.00 bits per heavy atom. The zero-order valence-corrected chi connectivity index (χ0v) is 16.4. The quantitative estimate of drug-likeness (QED) is 0.849. The average Bonchev–Trinajstić information content (AvgIpc) is 2.87. The van der Waals surface area contributed by atoms with Gasteiger partial charge >= 0.3 is 0 Å². The average molecular weight is 358 g/mol. The minimum Gasteiger partial charge on any atom is -0.348 e. The predicted molar refractivity (Wildman–Crippen MR) is 98.8 cm³/mol. The Morgan fingerprint density at radius 1 is 1.38 bits per heavy atom. The Bertz CT molecular complexity index is 532. The van der Waals surface area contributed by atoms with Gasteiger partial charge in [0.2, 0.25) is 0 Å². The second kappa shape index (κ2) is 8.81. The maximum atomic E-state index is 12.5. The van der Waals surface area contributed by atoms with Gasteiger partial charge in [-0.2, -0.15) is 0 Å². The number of nitrogens with zero attached hydrogens (tertiary/aromatic N) is 3. The molecule has 1 aromatic heterocycles. The highest BCUT2D eigenvalue weighted by Crippen LogP contribution is 2.22. The number of amides is 1. The van der Waals surface area contributed by atoms with E-state index in [0.29, 0.717) is 11.7 Å². The number of nitrogens with one attached hydrogen (secondary N) is 2. The van der Waals surface area contributed by atoms with Gasteiger partial charge in [-0.15, -0.1) is 17.5 Å². The van der Waals surface area contributed by atoms with Crippen molar-refractivity contribution in [1.82, 2.24) is 25.6 Å². The van der Waals surface area contributed by atoms with E-state index < -0.39 is 0 Å². The Morgan fingerprint density at radius 3 is 2.58 bits per heavy atom. The molecule has 1 unspecified atom stereocenters. The maximum absolute atomic E-state index is 12.5. The fourth-order valence-corrected chi connectivity index (χ4v) is 2.96. The van der Waals surface area contributed by atoms with E-state index in [9.17, 15) is 4.79 Å². The summed E-state index contributed by atoms with van der Waals surface area (Å²) in [5.41, 5.74) is 1.62. The molecule has 1 atom stereocenters. The molecule has 0 saturated carbocycles. The van der Waals surface area contributed by atoms with Gasteiger partial charge in [0, 0.05) is 6.04 Å². The number of rotatable bonds is 5. The number of halogens is 1. The Labute approximate surface area is 151 Å². The minimum atomic E-state index is -0.107. The fraction of sp³-hybridized carbons (Fsp3) is 0.824. The highest BCUT2D eigenvalue weighted by atomic mass is 35.5. The minimum absolute atomic E-state index is 0. The highest BCUT2D eigenvalue weighted by molar-refractivity contribution is 5.93. The molecule has 2 N–H and O–H groups in total. The number of hydrogen-bond acceptors (Lipinski definition) is 4. The molecule has 2 rings (SSSR count). The number of aromatic nitrogens is 3. The van der Waals surface area contributed by atoms with Crippen LogP contribution in [0.3, 0.4) is 0 Å². The summed E-state index contributed by atoms with van der Waals surface area (Å²) in [7, 11) is 0. The zero-order chi connectivity index (χ0) is 17.0.